The Morgan fingerprint density at radius 1 is 1.88 bits per heavy atom. The summed E-state index contributed by atoms with van der Waals surface area (Å²) in [5, 5.41) is 0. The van der Waals surface area contributed by atoms with E-state index in [9.17, 15) is 4.79 Å². The minimum atomic E-state index is 0.159. The van der Waals surface area contributed by atoms with Gasteiger partial charge in [-0.2, -0.15) is 0 Å². The van der Waals surface area contributed by atoms with E-state index in [2.05, 4.69) is 3.53 Å². The first kappa shape index (κ1) is 8.36. The molecule has 0 fully saturated rings. The smallest absolute Gasteiger partial charge is 0.133 e. The summed E-state index contributed by atoms with van der Waals surface area (Å²) in [6.45, 7) is 4.29. The van der Waals surface area contributed by atoms with Crippen molar-refractivity contribution in [3.05, 3.63) is 0 Å². The van der Waals surface area contributed by atoms with E-state index in [-0.39, 0.29) is 11.7 Å². The number of ketones is 1. The lowest BCUT2D eigenvalue weighted by Crippen LogP contribution is -2.17. The van der Waals surface area contributed by atoms with E-state index >= 15 is 0 Å². The highest BCUT2D eigenvalue weighted by atomic mass is 127. The maximum atomic E-state index is 10.5. The van der Waals surface area contributed by atoms with E-state index in [0.29, 0.717) is 0 Å². The summed E-state index contributed by atoms with van der Waals surface area (Å²) in [4.78, 5) is 10.5. The van der Waals surface area contributed by atoms with Crippen molar-refractivity contribution in [2.24, 2.45) is 5.92 Å². The molecule has 0 spiro atoms. The predicted octanol–water partition coefficient (Wildman–Crippen LogP) is 1.15. The Hall–Kier alpha value is 0.360. The third-order valence-corrected chi connectivity index (χ3v) is 1.52. The summed E-state index contributed by atoms with van der Waals surface area (Å²) >= 11 is 2.03. The summed E-state index contributed by atoms with van der Waals surface area (Å²) in [6.07, 6.45) is 0. The Morgan fingerprint density at radius 3 is 2.50 bits per heavy atom. The van der Waals surface area contributed by atoms with Crippen LogP contribution in [-0.4, -0.2) is 12.3 Å². The zero-order chi connectivity index (χ0) is 6.57. The lowest BCUT2D eigenvalue weighted by atomic mass is 10.1. The van der Waals surface area contributed by atoms with Crippen molar-refractivity contribution in [2.45, 2.75) is 13.8 Å². The standard InChI is InChI=1S/C5H10INO/c1-4(3-7-6)5(2)8/h4,7H,3H2,1-2H3/t4-/m0/s1. The molecule has 1 N–H and O–H groups in total. The van der Waals surface area contributed by atoms with Crippen molar-refractivity contribution in [2.75, 3.05) is 6.54 Å². The number of hydrogen-bond donors (Lipinski definition) is 1. The van der Waals surface area contributed by atoms with Crippen LogP contribution in [0, 0.1) is 5.92 Å². The number of halogens is 1. The van der Waals surface area contributed by atoms with Gasteiger partial charge in [-0.25, -0.2) is 0 Å². The molecule has 0 saturated carbocycles. The van der Waals surface area contributed by atoms with Crippen LogP contribution in [0.5, 0.6) is 0 Å². The Morgan fingerprint density at radius 2 is 2.38 bits per heavy atom. The highest BCUT2D eigenvalue weighted by molar-refractivity contribution is 14.1. The first-order chi connectivity index (χ1) is 3.68. The third-order valence-electron chi connectivity index (χ3n) is 1.08. The maximum Gasteiger partial charge on any atom is 0.133 e. The molecule has 0 saturated heterocycles. The lowest BCUT2D eigenvalue weighted by Gasteiger charge is -2.02. The van der Waals surface area contributed by atoms with E-state index in [0.717, 1.165) is 6.54 Å². The summed E-state index contributed by atoms with van der Waals surface area (Å²) in [7, 11) is 0. The van der Waals surface area contributed by atoms with Gasteiger partial charge >= 0.3 is 0 Å². The van der Waals surface area contributed by atoms with Crippen LogP contribution in [-0.2, 0) is 4.79 Å². The number of rotatable bonds is 3. The average Bonchev–Trinajstić information content (AvgIpc) is 1.67. The van der Waals surface area contributed by atoms with E-state index < -0.39 is 0 Å². The quantitative estimate of drug-likeness (QED) is 0.578. The second-order valence-electron chi connectivity index (χ2n) is 1.85. The number of hydrogen-bond acceptors (Lipinski definition) is 2. The van der Waals surface area contributed by atoms with Crippen molar-refractivity contribution >= 4 is 28.6 Å². The van der Waals surface area contributed by atoms with E-state index in [1.54, 1.807) is 6.92 Å². The SMILES string of the molecule is CC(=O)[C@@H](C)CNI. The zero-order valence-corrected chi connectivity index (χ0v) is 7.23. The normalized spacial score (nSPS) is 13.4. The zero-order valence-electron chi connectivity index (χ0n) is 5.07. The molecule has 0 aliphatic carbocycles. The summed E-state index contributed by atoms with van der Waals surface area (Å²) in [5.74, 6) is 0.404. The average molecular weight is 227 g/mol. The van der Waals surface area contributed by atoms with Crippen molar-refractivity contribution in [3.63, 3.8) is 0 Å². The molecule has 3 heteroatoms. The lowest BCUT2D eigenvalue weighted by molar-refractivity contribution is -0.119. The van der Waals surface area contributed by atoms with Crippen LogP contribution >= 0.6 is 22.9 Å². The van der Waals surface area contributed by atoms with Gasteiger partial charge in [-0.1, -0.05) is 6.92 Å². The van der Waals surface area contributed by atoms with Gasteiger partial charge in [0.25, 0.3) is 0 Å². The molecule has 0 amide bonds. The van der Waals surface area contributed by atoms with Crippen LogP contribution in [0.3, 0.4) is 0 Å². The van der Waals surface area contributed by atoms with E-state index in [4.69, 9.17) is 0 Å². The minimum Gasteiger partial charge on any atom is -0.300 e. The van der Waals surface area contributed by atoms with Crippen LogP contribution in [0.2, 0.25) is 0 Å². The van der Waals surface area contributed by atoms with Crippen LogP contribution in [0.25, 0.3) is 0 Å². The van der Waals surface area contributed by atoms with E-state index in [1.165, 1.54) is 0 Å². The van der Waals surface area contributed by atoms with Crippen molar-refractivity contribution in [1.82, 2.24) is 3.53 Å². The molecule has 0 heterocycles. The van der Waals surface area contributed by atoms with Crippen LogP contribution < -0.4 is 3.53 Å². The Labute approximate surface area is 63.5 Å². The van der Waals surface area contributed by atoms with Gasteiger partial charge in [0.05, 0.1) is 0 Å². The van der Waals surface area contributed by atoms with Gasteiger partial charge in [0.2, 0.25) is 0 Å². The Balaban J connectivity index is 3.32. The molecule has 2 nitrogen and oxygen atoms in total. The Kier molecular flexibility index (Phi) is 4.45. The molecule has 0 aliphatic heterocycles. The molecule has 0 unspecified atom stereocenters. The Bertz CT molecular complexity index is 84.5. The number of Topliss-reactive ketones (excluding diaryl/α,β-unsaturated/α-hetero) is 1. The van der Waals surface area contributed by atoms with Gasteiger partial charge in [0, 0.05) is 35.3 Å². The molecule has 0 bridgehead atoms. The number of nitrogens with one attached hydrogen (secondary N) is 1. The molecule has 0 aromatic carbocycles. The molecular formula is C5H10INO. The molecular weight excluding hydrogens is 217 g/mol. The van der Waals surface area contributed by atoms with Gasteiger partial charge in [-0.05, 0) is 6.92 Å². The second kappa shape index (κ2) is 4.26. The summed E-state index contributed by atoms with van der Waals surface area (Å²) in [5.41, 5.74) is 0. The van der Waals surface area contributed by atoms with Gasteiger partial charge in [-0.3, -0.25) is 8.32 Å². The predicted molar refractivity (Wildman–Crippen MR) is 41.9 cm³/mol. The van der Waals surface area contributed by atoms with Crippen molar-refractivity contribution < 1.29 is 4.79 Å². The summed E-state index contributed by atoms with van der Waals surface area (Å²) in [6, 6.07) is 0. The van der Waals surface area contributed by atoms with Crippen LogP contribution in [0.4, 0.5) is 0 Å². The monoisotopic (exact) mass is 227 g/mol. The molecule has 8 heavy (non-hydrogen) atoms. The fourth-order valence-electron chi connectivity index (χ4n) is 0.259. The molecule has 0 rings (SSSR count). The fourth-order valence-corrected chi connectivity index (χ4v) is 0.920. The van der Waals surface area contributed by atoms with E-state index in [1.807, 2.05) is 29.8 Å². The summed E-state index contributed by atoms with van der Waals surface area (Å²) < 4.78 is 2.90. The molecule has 0 aromatic heterocycles. The van der Waals surface area contributed by atoms with Gasteiger partial charge in [0.1, 0.15) is 5.78 Å². The first-order valence-electron chi connectivity index (χ1n) is 2.52. The van der Waals surface area contributed by atoms with Gasteiger partial charge in [-0.15, -0.1) is 0 Å². The molecule has 1 atom stereocenters. The van der Waals surface area contributed by atoms with Crippen LogP contribution in [0.1, 0.15) is 13.8 Å². The number of carbonyl (C=O) groups is 1. The first-order valence-corrected chi connectivity index (χ1v) is 3.60. The molecule has 0 aromatic rings. The fraction of sp³-hybridized carbons (Fsp3) is 0.800. The molecule has 0 radical (unpaired) electrons. The molecule has 0 aliphatic rings. The topological polar surface area (TPSA) is 29.1 Å². The maximum absolute atomic E-state index is 10.5. The van der Waals surface area contributed by atoms with Crippen molar-refractivity contribution in [1.29, 1.82) is 0 Å². The highest BCUT2D eigenvalue weighted by Crippen LogP contribution is 1.93. The number of carbonyl (C=O) groups excluding carboxylic acids is 1. The minimum absolute atomic E-state index is 0.159. The molecule has 48 valence electrons. The third kappa shape index (κ3) is 3.37. The second-order valence-corrected chi connectivity index (χ2v) is 2.61. The van der Waals surface area contributed by atoms with Gasteiger partial charge in [0.15, 0.2) is 0 Å². The van der Waals surface area contributed by atoms with Crippen molar-refractivity contribution in [3.8, 4) is 0 Å². The van der Waals surface area contributed by atoms with Gasteiger partial charge < -0.3 is 0 Å². The van der Waals surface area contributed by atoms with Crippen LogP contribution in [0.15, 0.2) is 0 Å². The largest absolute Gasteiger partial charge is 0.300 e. The highest BCUT2D eigenvalue weighted by Gasteiger charge is 2.03.